The molecule has 1 aromatic carbocycles. The summed E-state index contributed by atoms with van der Waals surface area (Å²) < 4.78 is 1.60. The molecule has 128 valence electrons. The van der Waals surface area contributed by atoms with Gasteiger partial charge in [-0.05, 0) is 53.3 Å². The van der Waals surface area contributed by atoms with Crippen LogP contribution in [-0.4, -0.2) is 49.7 Å². The summed E-state index contributed by atoms with van der Waals surface area (Å²) >= 11 is 1.95. The van der Waals surface area contributed by atoms with Crippen molar-refractivity contribution >= 4 is 23.6 Å². The van der Waals surface area contributed by atoms with E-state index in [-0.39, 0.29) is 18.0 Å². The van der Waals surface area contributed by atoms with Crippen molar-refractivity contribution in [1.82, 2.24) is 25.5 Å². The van der Waals surface area contributed by atoms with Crippen LogP contribution in [-0.2, 0) is 4.79 Å². The summed E-state index contributed by atoms with van der Waals surface area (Å²) in [6, 6.07) is 9.54. The van der Waals surface area contributed by atoms with Crippen LogP contribution in [0.15, 0.2) is 30.3 Å². The minimum Gasteiger partial charge on any atom is -0.352 e. The van der Waals surface area contributed by atoms with Gasteiger partial charge < -0.3 is 10.6 Å². The van der Waals surface area contributed by atoms with Crippen LogP contribution in [0.4, 0.5) is 5.95 Å². The van der Waals surface area contributed by atoms with E-state index in [1.54, 1.807) is 4.68 Å². The zero-order valence-electron chi connectivity index (χ0n) is 13.7. The second kappa shape index (κ2) is 8.14. The van der Waals surface area contributed by atoms with Crippen LogP contribution in [0.25, 0.3) is 5.69 Å². The summed E-state index contributed by atoms with van der Waals surface area (Å²) in [6.45, 7) is 1.98. The molecule has 1 unspecified atom stereocenters. The monoisotopic (exact) mass is 346 g/mol. The molecule has 0 aliphatic carbocycles. The van der Waals surface area contributed by atoms with Crippen molar-refractivity contribution < 1.29 is 4.79 Å². The summed E-state index contributed by atoms with van der Waals surface area (Å²) in [5, 5.41) is 18.1. The molecule has 1 aromatic heterocycles. The van der Waals surface area contributed by atoms with Crippen LogP contribution in [0.1, 0.15) is 26.2 Å². The number of nitrogens with zero attached hydrogens (tertiary/aromatic N) is 4. The molecule has 24 heavy (non-hydrogen) atoms. The van der Waals surface area contributed by atoms with E-state index >= 15 is 0 Å². The van der Waals surface area contributed by atoms with E-state index in [9.17, 15) is 4.79 Å². The summed E-state index contributed by atoms with van der Waals surface area (Å²) in [5.74, 6) is 2.71. The van der Waals surface area contributed by atoms with Gasteiger partial charge in [0, 0.05) is 6.04 Å². The number of thioether (sulfide) groups is 1. The number of nitrogens with one attached hydrogen (secondary N) is 2. The predicted molar refractivity (Wildman–Crippen MR) is 95.3 cm³/mol. The quantitative estimate of drug-likeness (QED) is 0.830. The van der Waals surface area contributed by atoms with Gasteiger partial charge in [-0.2, -0.15) is 16.4 Å². The SMILES string of the molecule is CCC(Nc1nnnn1-c1ccccc1)C(=O)NC1CCSCC1. The third-order valence-electron chi connectivity index (χ3n) is 4.07. The number of carbonyl (C=O) groups is 1. The first kappa shape index (κ1) is 16.8. The Balaban J connectivity index is 1.67. The van der Waals surface area contributed by atoms with Crippen LogP contribution in [0, 0.1) is 0 Å². The second-order valence-corrected chi connectivity index (χ2v) is 6.97. The normalized spacial score (nSPS) is 16.5. The third kappa shape index (κ3) is 4.05. The maximum Gasteiger partial charge on any atom is 0.248 e. The number of tetrazole rings is 1. The molecule has 0 spiro atoms. The highest BCUT2D eigenvalue weighted by Crippen LogP contribution is 2.17. The summed E-state index contributed by atoms with van der Waals surface area (Å²) in [6.07, 6.45) is 2.73. The third-order valence-corrected chi connectivity index (χ3v) is 5.11. The van der Waals surface area contributed by atoms with Crippen LogP contribution in [0.5, 0.6) is 0 Å². The topological polar surface area (TPSA) is 84.7 Å². The number of anilines is 1. The highest BCUT2D eigenvalue weighted by molar-refractivity contribution is 7.99. The van der Waals surface area contributed by atoms with Gasteiger partial charge in [0.25, 0.3) is 0 Å². The molecule has 1 aliphatic heterocycles. The molecule has 2 N–H and O–H groups in total. The molecule has 2 aromatic rings. The Kier molecular flexibility index (Phi) is 5.68. The highest BCUT2D eigenvalue weighted by Gasteiger charge is 2.23. The zero-order chi connectivity index (χ0) is 16.8. The van der Waals surface area contributed by atoms with Gasteiger partial charge in [0.2, 0.25) is 11.9 Å². The lowest BCUT2D eigenvalue weighted by Gasteiger charge is -2.25. The number of amides is 1. The molecular formula is C16H22N6OS. The lowest BCUT2D eigenvalue weighted by molar-refractivity contribution is -0.122. The summed E-state index contributed by atoms with van der Waals surface area (Å²) in [5.41, 5.74) is 0.851. The first-order valence-corrected chi connectivity index (χ1v) is 9.42. The first-order chi connectivity index (χ1) is 11.8. The van der Waals surface area contributed by atoms with Crippen molar-refractivity contribution in [3.05, 3.63) is 30.3 Å². The fourth-order valence-corrected chi connectivity index (χ4v) is 3.78. The van der Waals surface area contributed by atoms with E-state index in [0.29, 0.717) is 12.4 Å². The minimum absolute atomic E-state index is 0.0111. The summed E-state index contributed by atoms with van der Waals surface area (Å²) in [4.78, 5) is 12.6. The van der Waals surface area contributed by atoms with Crippen molar-refractivity contribution in [3.8, 4) is 5.69 Å². The number of aromatic nitrogens is 4. The number of rotatable bonds is 6. The van der Waals surface area contributed by atoms with Crippen LogP contribution in [0.3, 0.4) is 0 Å². The second-order valence-electron chi connectivity index (χ2n) is 5.75. The highest BCUT2D eigenvalue weighted by atomic mass is 32.2. The molecule has 8 heteroatoms. The van der Waals surface area contributed by atoms with E-state index in [4.69, 9.17) is 0 Å². The number of carbonyl (C=O) groups excluding carboxylic acids is 1. The largest absolute Gasteiger partial charge is 0.352 e. The number of hydrogen-bond acceptors (Lipinski definition) is 6. The van der Waals surface area contributed by atoms with Gasteiger partial charge in [-0.15, -0.1) is 0 Å². The van der Waals surface area contributed by atoms with Crippen molar-refractivity contribution in [1.29, 1.82) is 0 Å². The Bertz CT molecular complexity index is 656. The maximum atomic E-state index is 12.6. The Labute approximate surface area is 145 Å². The van der Waals surface area contributed by atoms with Crippen molar-refractivity contribution in [2.75, 3.05) is 16.8 Å². The van der Waals surface area contributed by atoms with Crippen LogP contribution >= 0.6 is 11.8 Å². The predicted octanol–water partition coefficient (Wildman–Crippen LogP) is 1.86. The number of para-hydroxylation sites is 1. The van der Waals surface area contributed by atoms with Crippen LogP contribution in [0.2, 0.25) is 0 Å². The van der Waals surface area contributed by atoms with Crippen molar-refractivity contribution in [2.45, 2.75) is 38.3 Å². The zero-order valence-corrected chi connectivity index (χ0v) is 14.5. The van der Waals surface area contributed by atoms with Crippen molar-refractivity contribution in [3.63, 3.8) is 0 Å². The van der Waals surface area contributed by atoms with Crippen molar-refractivity contribution in [2.24, 2.45) is 0 Å². The number of hydrogen-bond donors (Lipinski definition) is 2. The molecule has 0 bridgehead atoms. The van der Waals surface area contributed by atoms with E-state index in [1.807, 2.05) is 49.0 Å². The van der Waals surface area contributed by atoms with Gasteiger partial charge in [0.05, 0.1) is 5.69 Å². The summed E-state index contributed by atoms with van der Waals surface area (Å²) in [7, 11) is 0. The lowest BCUT2D eigenvalue weighted by Crippen LogP contribution is -2.45. The molecule has 1 atom stereocenters. The van der Waals surface area contributed by atoms with E-state index in [2.05, 4.69) is 26.2 Å². The average Bonchev–Trinajstić information content (AvgIpc) is 3.09. The Morgan fingerprint density at radius 3 is 2.79 bits per heavy atom. The molecule has 2 heterocycles. The van der Waals surface area contributed by atoms with Gasteiger partial charge in [-0.3, -0.25) is 4.79 Å². The molecule has 1 aliphatic rings. The molecular weight excluding hydrogens is 324 g/mol. The van der Waals surface area contributed by atoms with Gasteiger partial charge in [-0.1, -0.05) is 30.2 Å². The Morgan fingerprint density at radius 1 is 1.33 bits per heavy atom. The fourth-order valence-electron chi connectivity index (χ4n) is 2.67. The van der Waals surface area contributed by atoms with Gasteiger partial charge in [-0.25, -0.2) is 0 Å². The number of benzene rings is 1. The minimum atomic E-state index is -0.354. The first-order valence-electron chi connectivity index (χ1n) is 8.26. The van der Waals surface area contributed by atoms with Gasteiger partial charge >= 0.3 is 0 Å². The molecule has 1 fully saturated rings. The molecule has 0 saturated carbocycles. The molecule has 3 rings (SSSR count). The maximum absolute atomic E-state index is 12.6. The Morgan fingerprint density at radius 2 is 2.08 bits per heavy atom. The average molecular weight is 346 g/mol. The molecule has 7 nitrogen and oxygen atoms in total. The van der Waals surface area contributed by atoms with Gasteiger partial charge in [0.1, 0.15) is 6.04 Å². The smallest absolute Gasteiger partial charge is 0.248 e. The van der Waals surface area contributed by atoms with Gasteiger partial charge in [0.15, 0.2) is 0 Å². The fraction of sp³-hybridized carbons (Fsp3) is 0.500. The Hall–Kier alpha value is -2.09. The van der Waals surface area contributed by atoms with E-state index in [1.165, 1.54) is 0 Å². The molecule has 0 radical (unpaired) electrons. The molecule has 1 saturated heterocycles. The molecule has 1 amide bonds. The standard InChI is InChI=1S/C16H22N6OS/c1-2-14(15(23)17-12-8-10-24-11-9-12)18-16-19-20-21-22(16)13-6-4-3-5-7-13/h3-7,12,14H,2,8-11H2,1H3,(H,17,23)(H,18,19,21). The lowest BCUT2D eigenvalue weighted by atomic mass is 10.1. The van der Waals surface area contributed by atoms with E-state index < -0.39 is 0 Å². The van der Waals surface area contributed by atoms with Crippen LogP contribution < -0.4 is 10.6 Å². The van der Waals surface area contributed by atoms with E-state index in [0.717, 1.165) is 30.0 Å².